The van der Waals surface area contributed by atoms with Crippen molar-refractivity contribution in [3.63, 3.8) is 0 Å². The van der Waals surface area contributed by atoms with Crippen molar-refractivity contribution >= 4 is 12.0 Å². The van der Waals surface area contributed by atoms with Crippen LogP contribution < -0.4 is 0 Å². The summed E-state index contributed by atoms with van der Waals surface area (Å²) < 4.78 is 9.21. The molecule has 7 nitrogen and oxygen atoms in total. The molecule has 0 fully saturated rings. The van der Waals surface area contributed by atoms with Gasteiger partial charge in [0, 0.05) is 6.08 Å². The first kappa shape index (κ1) is 18.8. The largest absolute Gasteiger partial charge is 0.436 e. The summed E-state index contributed by atoms with van der Waals surface area (Å²) in [6.45, 7) is 3.86. The third kappa shape index (κ3) is 16.9. The fourth-order valence-electron chi connectivity index (χ4n) is 0.675. The van der Waals surface area contributed by atoms with Crippen molar-refractivity contribution in [3.8, 4) is 0 Å². The van der Waals surface area contributed by atoms with Gasteiger partial charge in [0.25, 0.3) is 0 Å². The lowest BCUT2D eigenvalue weighted by Crippen LogP contribution is -2.09. The molecule has 0 heterocycles. The standard InChI is InChI=1S/C7H9NO3.C4H10O3/c1-3-4-7(10)11-6(2)8-5-9;5-1-3-7-4-2-6/h3-4,6H,1-2H3;5-6H,1-4H2/b4-3+;. The van der Waals surface area contributed by atoms with Crippen molar-refractivity contribution < 1.29 is 29.3 Å². The number of carbonyl (C=O) groups excluding carboxylic acids is 2. The number of aliphatic hydroxyl groups excluding tert-OH is 2. The van der Waals surface area contributed by atoms with Gasteiger partial charge in [0.15, 0.2) is 0 Å². The number of nitrogens with zero attached hydrogens (tertiary/aromatic N) is 1. The molecule has 18 heavy (non-hydrogen) atoms. The van der Waals surface area contributed by atoms with E-state index in [1.165, 1.54) is 19.1 Å². The van der Waals surface area contributed by atoms with Crippen molar-refractivity contribution in [2.45, 2.75) is 20.1 Å². The van der Waals surface area contributed by atoms with Gasteiger partial charge in [-0.05, 0) is 13.8 Å². The van der Waals surface area contributed by atoms with E-state index in [-0.39, 0.29) is 13.2 Å². The number of allylic oxidation sites excluding steroid dienone is 1. The van der Waals surface area contributed by atoms with E-state index in [0.29, 0.717) is 13.2 Å². The molecular formula is C11H19NO6. The molecule has 0 rings (SSSR count). The van der Waals surface area contributed by atoms with Crippen molar-refractivity contribution in [2.75, 3.05) is 26.4 Å². The van der Waals surface area contributed by atoms with Crippen LogP contribution >= 0.6 is 0 Å². The van der Waals surface area contributed by atoms with Gasteiger partial charge in [-0.25, -0.2) is 9.59 Å². The Morgan fingerprint density at radius 2 is 1.94 bits per heavy atom. The Balaban J connectivity index is 0. The predicted octanol–water partition coefficient (Wildman–Crippen LogP) is -0.225. The number of carbonyl (C=O) groups is 1. The van der Waals surface area contributed by atoms with Crippen molar-refractivity contribution in [3.05, 3.63) is 12.2 Å². The SMILES string of the molecule is C/C=C/C(=O)OC(C)N=C=O.OCCOCCO. The summed E-state index contributed by atoms with van der Waals surface area (Å²) in [6, 6.07) is 0. The average Bonchev–Trinajstić information content (AvgIpc) is 2.31. The van der Waals surface area contributed by atoms with Crippen LogP contribution in [0, 0.1) is 0 Å². The van der Waals surface area contributed by atoms with Gasteiger partial charge in [0.1, 0.15) is 0 Å². The summed E-state index contributed by atoms with van der Waals surface area (Å²) in [5.41, 5.74) is 0. The number of isocyanates is 1. The maximum atomic E-state index is 10.6. The zero-order chi connectivity index (χ0) is 14.2. The van der Waals surface area contributed by atoms with Gasteiger partial charge in [-0.15, -0.1) is 0 Å². The molecule has 0 aliphatic rings. The highest BCUT2D eigenvalue weighted by Crippen LogP contribution is 1.92. The molecule has 0 amide bonds. The fraction of sp³-hybridized carbons (Fsp3) is 0.636. The first-order valence-corrected chi connectivity index (χ1v) is 5.32. The summed E-state index contributed by atoms with van der Waals surface area (Å²) in [4.78, 5) is 23.4. The van der Waals surface area contributed by atoms with Crippen LogP contribution in [0.15, 0.2) is 17.1 Å². The quantitative estimate of drug-likeness (QED) is 0.216. The maximum absolute atomic E-state index is 10.6. The summed E-state index contributed by atoms with van der Waals surface area (Å²) in [6.07, 6.45) is 3.32. The lowest BCUT2D eigenvalue weighted by Gasteiger charge is -2.02. The zero-order valence-electron chi connectivity index (χ0n) is 10.5. The number of hydrogen-bond donors (Lipinski definition) is 2. The Kier molecular flexibility index (Phi) is 16.2. The number of hydrogen-bond acceptors (Lipinski definition) is 7. The third-order valence-corrected chi connectivity index (χ3v) is 1.30. The second-order valence-corrected chi connectivity index (χ2v) is 2.82. The molecular weight excluding hydrogens is 242 g/mol. The lowest BCUT2D eigenvalue weighted by atomic mass is 10.5. The first-order chi connectivity index (χ1) is 8.62. The molecule has 2 N–H and O–H groups in total. The molecule has 0 radical (unpaired) electrons. The van der Waals surface area contributed by atoms with Gasteiger partial charge in [0.05, 0.1) is 26.4 Å². The van der Waals surface area contributed by atoms with E-state index in [1.807, 2.05) is 0 Å². The Bertz CT molecular complexity index is 269. The van der Waals surface area contributed by atoms with Gasteiger partial charge in [0.2, 0.25) is 12.3 Å². The fourth-order valence-corrected chi connectivity index (χ4v) is 0.675. The van der Waals surface area contributed by atoms with Crippen molar-refractivity contribution in [1.82, 2.24) is 0 Å². The highest BCUT2D eigenvalue weighted by molar-refractivity contribution is 5.81. The molecule has 0 aliphatic carbocycles. The molecule has 0 aromatic carbocycles. The molecule has 7 heteroatoms. The average molecular weight is 261 g/mol. The molecule has 104 valence electrons. The van der Waals surface area contributed by atoms with Gasteiger partial charge in [-0.1, -0.05) is 6.08 Å². The second-order valence-electron chi connectivity index (χ2n) is 2.82. The molecule has 0 aromatic rings. The molecule has 1 unspecified atom stereocenters. The highest BCUT2D eigenvalue weighted by Gasteiger charge is 2.02. The van der Waals surface area contributed by atoms with Gasteiger partial charge in [-0.2, -0.15) is 4.99 Å². The summed E-state index contributed by atoms with van der Waals surface area (Å²) in [7, 11) is 0. The van der Waals surface area contributed by atoms with E-state index in [9.17, 15) is 9.59 Å². The second kappa shape index (κ2) is 15.5. The Labute approximate surface area is 106 Å². The van der Waals surface area contributed by atoms with Crippen LogP contribution in [0.4, 0.5) is 0 Å². The maximum Gasteiger partial charge on any atom is 0.332 e. The van der Waals surface area contributed by atoms with E-state index in [2.05, 4.69) is 14.5 Å². The van der Waals surface area contributed by atoms with Crippen LogP contribution in [0.3, 0.4) is 0 Å². The van der Waals surface area contributed by atoms with Crippen LogP contribution in [0.1, 0.15) is 13.8 Å². The van der Waals surface area contributed by atoms with Gasteiger partial charge >= 0.3 is 5.97 Å². The summed E-state index contributed by atoms with van der Waals surface area (Å²) in [5.74, 6) is -0.515. The number of aliphatic imine (C=N–C) groups is 1. The zero-order valence-corrected chi connectivity index (χ0v) is 10.5. The van der Waals surface area contributed by atoms with Crippen LogP contribution in [0.2, 0.25) is 0 Å². The number of ether oxygens (including phenoxy) is 2. The van der Waals surface area contributed by atoms with E-state index in [0.717, 1.165) is 0 Å². The Morgan fingerprint density at radius 1 is 1.39 bits per heavy atom. The molecule has 0 spiro atoms. The summed E-state index contributed by atoms with van der Waals surface area (Å²) in [5, 5.41) is 16.2. The van der Waals surface area contributed by atoms with Crippen molar-refractivity contribution in [1.29, 1.82) is 0 Å². The molecule has 0 aromatic heterocycles. The Morgan fingerprint density at radius 3 is 2.33 bits per heavy atom. The Hall–Kier alpha value is -1.53. The van der Waals surface area contributed by atoms with E-state index >= 15 is 0 Å². The molecule has 1 atom stereocenters. The van der Waals surface area contributed by atoms with Crippen LogP contribution in [0.5, 0.6) is 0 Å². The monoisotopic (exact) mass is 261 g/mol. The van der Waals surface area contributed by atoms with Crippen LogP contribution in [0.25, 0.3) is 0 Å². The minimum Gasteiger partial charge on any atom is -0.436 e. The minimum atomic E-state index is -0.754. The molecule has 0 aliphatic heterocycles. The predicted molar refractivity (Wildman–Crippen MR) is 63.5 cm³/mol. The summed E-state index contributed by atoms with van der Waals surface area (Å²) >= 11 is 0. The van der Waals surface area contributed by atoms with Crippen LogP contribution in [-0.4, -0.2) is 54.9 Å². The highest BCUT2D eigenvalue weighted by atomic mass is 16.6. The number of rotatable bonds is 7. The molecule has 0 saturated heterocycles. The van der Waals surface area contributed by atoms with E-state index in [4.69, 9.17) is 10.2 Å². The van der Waals surface area contributed by atoms with Crippen LogP contribution in [-0.2, 0) is 19.1 Å². The minimum absolute atomic E-state index is 0.0278. The third-order valence-electron chi connectivity index (χ3n) is 1.30. The number of esters is 1. The molecule has 0 saturated carbocycles. The van der Waals surface area contributed by atoms with E-state index in [1.54, 1.807) is 13.0 Å². The number of aliphatic hydroxyl groups is 2. The van der Waals surface area contributed by atoms with E-state index < -0.39 is 12.2 Å². The lowest BCUT2D eigenvalue weighted by molar-refractivity contribution is -0.141. The topological polar surface area (TPSA) is 105 Å². The first-order valence-electron chi connectivity index (χ1n) is 5.32. The van der Waals surface area contributed by atoms with Gasteiger partial charge < -0.3 is 19.7 Å². The van der Waals surface area contributed by atoms with Gasteiger partial charge in [-0.3, -0.25) is 0 Å². The molecule has 0 bridgehead atoms. The normalized spacial score (nSPS) is 11.1. The van der Waals surface area contributed by atoms with Crippen molar-refractivity contribution in [2.24, 2.45) is 4.99 Å². The smallest absolute Gasteiger partial charge is 0.332 e.